The zero-order valence-electron chi connectivity index (χ0n) is 15.0. The van der Waals surface area contributed by atoms with Gasteiger partial charge in [0.15, 0.2) is 5.82 Å². The number of hydrogen-bond acceptors (Lipinski definition) is 4. The number of carboxylic acid groups (broad SMARTS) is 1. The van der Waals surface area contributed by atoms with Crippen LogP contribution in [-0.4, -0.2) is 30.8 Å². The molecule has 3 rings (SSSR count). The van der Waals surface area contributed by atoms with E-state index in [2.05, 4.69) is 22.0 Å². The Morgan fingerprint density at radius 3 is 2.62 bits per heavy atom. The number of aromatic nitrogens is 4. The first-order valence-electron chi connectivity index (χ1n) is 8.82. The highest BCUT2D eigenvalue weighted by Gasteiger charge is 2.12. The van der Waals surface area contributed by atoms with Gasteiger partial charge in [-0.1, -0.05) is 38.1 Å². The number of nitrogens with zero attached hydrogens (tertiary/aromatic N) is 4. The van der Waals surface area contributed by atoms with Gasteiger partial charge in [0.2, 0.25) is 0 Å². The highest BCUT2D eigenvalue weighted by Crippen LogP contribution is 2.23. The molecule has 26 heavy (non-hydrogen) atoms. The molecule has 2 aromatic heterocycles. The predicted molar refractivity (Wildman–Crippen MR) is 99.1 cm³/mol. The van der Waals surface area contributed by atoms with Crippen molar-refractivity contribution in [3.63, 3.8) is 0 Å². The Hall–Kier alpha value is -3.02. The van der Waals surface area contributed by atoms with Crippen LogP contribution in [0.15, 0.2) is 42.6 Å². The SMILES string of the molecule is CCCc1nc(CC)nn1Cc1ccc(-c2ccccc2C(=O)O)cn1. The number of aryl methyl sites for hydroxylation is 2. The summed E-state index contributed by atoms with van der Waals surface area (Å²) >= 11 is 0. The van der Waals surface area contributed by atoms with E-state index in [0.717, 1.165) is 42.2 Å². The molecule has 2 heterocycles. The highest BCUT2D eigenvalue weighted by molar-refractivity contribution is 5.95. The number of carboxylic acids is 1. The number of rotatable bonds is 7. The molecule has 1 aromatic carbocycles. The van der Waals surface area contributed by atoms with E-state index in [4.69, 9.17) is 0 Å². The lowest BCUT2D eigenvalue weighted by molar-refractivity contribution is 0.0697. The molecule has 0 atom stereocenters. The third kappa shape index (κ3) is 3.79. The molecule has 6 nitrogen and oxygen atoms in total. The Balaban J connectivity index is 1.85. The Bertz CT molecular complexity index is 900. The lowest BCUT2D eigenvalue weighted by Crippen LogP contribution is -2.08. The van der Waals surface area contributed by atoms with Crippen molar-refractivity contribution in [1.82, 2.24) is 19.7 Å². The van der Waals surface area contributed by atoms with Gasteiger partial charge >= 0.3 is 5.97 Å². The summed E-state index contributed by atoms with van der Waals surface area (Å²) in [4.78, 5) is 20.5. The van der Waals surface area contributed by atoms with Crippen LogP contribution in [0.25, 0.3) is 11.1 Å². The third-order valence-corrected chi connectivity index (χ3v) is 4.19. The fourth-order valence-electron chi connectivity index (χ4n) is 2.86. The molecule has 0 aliphatic rings. The number of carbonyl (C=O) groups is 1. The van der Waals surface area contributed by atoms with E-state index in [9.17, 15) is 9.90 Å². The normalized spacial score (nSPS) is 10.8. The molecule has 0 radical (unpaired) electrons. The number of pyridine rings is 1. The second-order valence-electron chi connectivity index (χ2n) is 6.09. The van der Waals surface area contributed by atoms with Crippen molar-refractivity contribution < 1.29 is 9.90 Å². The maximum absolute atomic E-state index is 11.4. The first kappa shape index (κ1) is 17.8. The molecule has 0 aliphatic carbocycles. The Kier molecular flexibility index (Phi) is 5.41. The maximum Gasteiger partial charge on any atom is 0.336 e. The summed E-state index contributed by atoms with van der Waals surface area (Å²) < 4.78 is 1.91. The predicted octanol–water partition coefficient (Wildman–Crippen LogP) is 3.60. The Morgan fingerprint density at radius 1 is 1.15 bits per heavy atom. The average Bonchev–Trinajstić information content (AvgIpc) is 3.04. The van der Waals surface area contributed by atoms with Crippen molar-refractivity contribution in [1.29, 1.82) is 0 Å². The topological polar surface area (TPSA) is 80.9 Å². The van der Waals surface area contributed by atoms with E-state index in [-0.39, 0.29) is 5.56 Å². The molecule has 0 unspecified atom stereocenters. The zero-order valence-corrected chi connectivity index (χ0v) is 15.0. The summed E-state index contributed by atoms with van der Waals surface area (Å²) in [6.45, 7) is 4.73. The van der Waals surface area contributed by atoms with E-state index in [1.165, 1.54) is 0 Å². The van der Waals surface area contributed by atoms with Gasteiger partial charge in [-0.15, -0.1) is 0 Å². The monoisotopic (exact) mass is 350 g/mol. The summed E-state index contributed by atoms with van der Waals surface area (Å²) in [6.07, 6.45) is 4.42. The molecule has 0 fully saturated rings. The number of aromatic carboxylic acids is 1. The summed E-state index contributed by atoms with van der Waals surface area (Å²) in [5.74, 6) is 0.885. The van der Waals surface area contributed by atoms with Gasteiger partial charge in [0, 0.05) is 24.6 Å². The van der Waals surface area contributed by atoms with Crippen LogP contribution < -0.4 is 0 Å². The molecule has 0 saturated carbocycles. The van der Waals surface area contributed by atoms with E-state index in [1.54, 1.807) is 24.4 Å². The van der Waals surface area contributed by atoms with Gasteiger partial charge in [0.25, 0.3) is 0 Å². The van der Waals surface area contributed by atoms with E-state index in [1.807, 2.05) is 29.8 Å². The summed E-state index contributed by atoms with van der Waals surface area (Å²) in [5.41, 5.74) is 2.59. The van der Waals surface area contributed by atoms with E-state index >= 15 is 0 Å². The second-order valence-corrected chi connectivity index (χ2v) is 6.09. The first-order chi connectivity index (χ1) is 12.6. The molecule has 0 saturated heterocycles. The van der Waals surface area contributed by atoms with Gasteiger partial charge in [0.1, 0.15) is 5.82 Å². The molecule has 0 aliphatic heterocycles. The van der Waals surface area contributed by atoms with E-state index < -0.39 is 5.97 Å². The van der Waals surface area contributed by atoms with Gasteiger partial charge in [-0.3, -0.25) is 4.98 Å². The van der Waals surface area contributed by atoms with Gasteiger partial charge in [0.05, 0.1) is 17.8 Å². The zero-order chi connectivity index (χ0) is 18.5. The largest absolute Gasteiger partial charge is 0.478 e. The van der Waals surface area contributed by atoms with Crippen molar-refractivity contribution in [3.8, 4) is 11.1 Å². The smallest absolute Gasteiger partial charge is 0.336 e. The molecular formula is C20H22N4O2. The van der Waals surface area contributed by atoms with Crippen LogP contribution in [-0.2, 0) is 19.4 Å². The van der Waals surface area contributed by atoms with Crippen molar-refractivity contribution in [2.45, 2.75) is 39.7 Å². The van der Waals surface area contributed by atoms with Crippen LogP contribution >= 0.6 is 0 Å². The van der Waals surface area contributed by atoms with Gasteiger partial charge < -0.3 is 5.11 Å². The van der Waals surface area contributed by atoms with Crippen molar-refractivity contribution in [2.24, 2.45) is 0 Å². The summed E-state index contributed by atoms with van der Waals surface area (Å²) in [6, 6.07) is 10.8. The maximum atomic E-state index is 11.4. The fraction of sp³-hybridized carbons (Fsp3) is 0.300. The van der Waals surface area contributed by atoms with Crippen LogP contribution in [0.1, 0.15) is 48.0 Å². The Labute approximate surface area is 152 Å². The molecule has 0 bridgehead atoms. The molecule has 0 amide bonds. The quantitative estimate of drug-likeness (QED) is 0.704. The van der Waals surface area contributed by atoms with Crippen molar-refractivity contribution in [3.05, 3.63) is 65.5 Å². The first-order valence-corrected chi connectivity index (χ1v) is 8.82. The van der Waals surface area contributed by atoms with Crippen LogP contribution in [0, 0.1) is 0 Å². The van der Waals surface area contributed by atoms with E-state index in [0.29, 0.717) is 12.1 Å². The van der Waals surface area contributed by atoms with Gasteiger partial charge in [-0.05, 0) is 24.1 Å². The lowest BCUT2D eigenvalue weighted by Gasteiger charge is -2.08. The molecule has 3 aromatic rings. The van der Waals surface area contributed by atoms with Crippen LogP contribution in [0.5, 0.6) is 0 Å². The third-order valence-electron chi connectivity index (χ3n) is 4.19. The molecule has 6 heteroatoms. The molecular weight excluding hydrogens is 328 g/mol. The van der Waals surface area contributed by atoms with Crippen LogP contribution in [0.3, 0.4) is 0 Å². The molecule has 0 spiro atoms. The molecule has 1 N–H and O–H groups in total. The van der Waals surface area contributed by atoms with Crippen LogP contribution in [0.2, 0.25) is 0 Å². The Morgan fingerprint density at radius 2 is 1.96 bits per heavy atom. The van der Waals surface area contributed by atoms with Crippen LogP contribution in [0.4, 0.5) is 0 Å². The minimum atomic E-state index is -0.941. The standard InChI is InChI=1S/C20H22N4O2/c1-3-7-19-22-18(4-2)23-24(19)13-15-11-10-14(12-21-15)16-8-5-6-9-17(16)20(25)26/h5-6,8-12H,3-4,7,13H2,1-2H3,(H,25,26). The van der Waals surface area contributed by atoms with Gasteiger partial charge in [-0.25, -0.2) is 14.5 Å². The van der Waals surface area contributed by atoms with Crippen molar-refractivity contribution in [2.75, 3.05) is 0 Å². The number of benzene rings is 1. The summed E-state index contributed by atoms with van der Waals surface area (Å²) in [7, 11) is 0. The average molecular weight is 350 g/mol. The van der Waals surface area contributed by atoms with Crippen molar-refractivity contribution >= 4 is 5.97 Å². The summed E-state index contributed by atoms with van der Waals surface area (Å²) in [5, 5.41) is 13.9. The van der Waals surface area contributed by atoms with Gasteiger partial charge in [-0.2, -0.15) is 5.10 Å². The number of hydrogen-bond donors (Lipinski definition) is 1. The highest BCUT2D eigenvalue weighted by atomic mass is 16.4. The second kappa shape index (κ2) is 7.91. The fourth-order valence-corrected chi connectivity index (χ4v) is 2.86. The minimum Gasteiger partial charge on any atom is -0.478 e. The minimum absolute atomic E-state index is 0.274. The molecule has 134 valence electrons. The lowest BCUT2D eigenvalue weighted by atomic mass is 10.0.